The maximum Gasteiger partial charge on any atom is 0.374 e. The van der Waals surface area contributed by atoms with Gasteiger partial charge in [-0.2, -0.15) is 0 Å². The van der Waals surface area contributed by atoms with Crippen LogP contribution in [0, 0.1) is 5.82 Å². The maximum absolute atomic E-state index is 12.9. The Bertz CT molecular complexity index is 418. The molecule has 1 rings (SSSR count). The number of halogens is 2. The van der Waals surface area contributed by atoms with E-state index in [-0.39, 0.29) is 17.5 Å². The third kappa shape index (κ3) is 3.41. The van der Waals surface area contributed by atoms with E-state index in [1.165, 1.54) is 18.2 Å². The van der Waals surface area contributed by atoms with E-state index in [1.54, 1.807) is 6.92 Å². The van der Waals surface area contributed by atoms with Crippen molar-refractivity contribution in [2.45, 2.75) is 13.3 Å². The Balaban J connectivity index is 2.70. The molecule has 0 saturated carbocycles. The zero-order valence-corrected chi connectivity index (χ0v) is 10.2. The second kappa shape index (κ2) is 5.75. The molecule has 0 aliphatic rings. The van der Waals surface area contributed by atoms with Crippen molar-refractivity contribution < 1.29 is 18.7 Å². The van der Waals surface area contributed by atoms with Gasteiger partial charge in [0, 0.05) is 6.42 Å². The number of Topliss-reactive ketones (excluding diaryl/α,β-unsaturated/α-hetero) is 1. The number of hydrogen-bond donors (Lipinski definition) is 0. The highest BCUT2D eigenvalue weighted by atomic mass is 79.9. The highest BCUT2D eigenvalue weighted by Gasteiger charge is 2.15. The highest BCUT2D eigenvalue weighted by molar-refractivity contribution is 9.10. The molecule has 1 aromatic rings. The van der Waals surface area contributed by atoms with Crippen LogP contribution in [0.4, 0.5) is 4.39 Å². The summed E-state index contributed by atoms with van der Waals surface area (Å²) < 4.78 is 17.7. The third-order valence-electron chi connectivity index (χ3n) is 1.85. The summed E-state index contributed by atoms with van der Waals surface area (Å²) in [5, 5.41) is 0. The van der Waals surface area contributed by atoms with Gasteiger partial charge in [0.25, 0.3) is 0 Å². The van der Waals surface area contributed by atoms with Crippen LogP contribution in [0.25, 0.3) is 0 Å². The Morgan fingerprint density at radius 2 is 2.12 bits per heavy atom. The lowest BCUT2D eigenvalue weighted by atomic mass is 10.1. The topological polar surface area (TPSA) is 43.4 Å². The lowest BCUT2D eigenvalue weighted by Crippen LogP contribution is -2.19. The summed E-state index contributed by atoms with van der Waals surface area (Å²) in [6.07, 6.45) is -0.0856. The van der Waals surface area contributed by atoms with Crippen molar-refractivity contribution in [2.24, 2.45) is 0 Å². The molecule has 86 valence electrons. The van der Waals surface area contributed by atoms with Crippen molar-refractivity contribution in [1.82, 2.24) is 0 Å². The van der Waals surface area contributed by atoms with Crippen LogP contribution in [0.1, 0.15) is 12.5 Å². The minimum Gasteiger partial charge on any atom is -0.460 e. The zero-order valence-electron chi connectivity index (χ0n) is 8.63. The Morgan fingerprint density at radius 3 is 2.69 bits per heavy atom. The van der Waals surface area contributed by atoms with Crippen LogP contribution >= 0.6 is 15.9 Å². The van der Waals surface area contributed by atoms with E-state index >= 15 is 0 Å². The molecule has 5 heteroatoms. The molecule has 0 bridgehead atoms. The first-order valence-electron chi connectivity index (χ1n) is 4.68. The monoisotopic (exact) mass is 288 g/mol. The summed E-state index contributed by atoms with van der Waals surface area (Å²) in [5.41, 5.74) is 0.561. The highest BCUT2D eigenvalue weighted by Crippen LogP contribution is 2.17. The van der Waals surface area contributed by atoms with Gasteiger partial charge >= 0.3 is 5.97 Å². The van der Waals surface area contributed by atoms with Crippen molar-refractivity contribution in [3.8, 4) is 0 Å². The lowest BCUT2D eigenvalue weighted by molar-refractivity contribution is -0.153. The van der Waals surface area contributed by atoms with E-state index in [0.717, 1.165) is 0 Å². The molecular formula is C11H10BrFO3. The van der Waals surface area contributed by atoms with Crippen LogP contribution in [0.15, 0.2) is 22.7 Å². The fraction of sp³-hybridized carbons (Fsp3) is 0.273. The molecule has 0 radical (unpaired) electrons. The fourth-order valence-corrected chi connectivity index (χ4v) is 1.54. The Morgan fingerprint density at radius 1 is 1.44 bits per heavy atom. The summed E-state index contributed by atoms with van der Waals surface area (Å²) in [5.74, 6) is -1.91. The van der Waals surface area contributed by atoms with Crippen molar-refractivity contribution in [1.29, 1.82) is 0 Å². The van der Waals surface area contributed by atoms with Crippen molar-refractivity contribution >= 4 is 27.7 Å². The van der Waals surface area contributed by atoms with E-state index in [2.05, 4.69) is 20.7 Å². The SMILES string of the molecule is CCOC(=O)C(=O)Cc1ccc(F)c(Br)c1. The summed E-state index contributed by atoms with van der Waals surface area (Å²) in [6.45, 7) is 1.79. The van der Waals surface area contributed by atoms with Crippen molar-refractivity contribution in [3.63, 3.8) is 0 Å². The third-order valence-corrected chi connectivity index (χ3v) is 2.46. The molecule has 0 amide bonds. The minimum atomic E-state index is -0.858. The molecule has 0 aliphatic carbocycles. The molecular weight excluding hydrogens is 279 g/mol. The van der Waals surface area contributed by atoms with Crippen LogP contribution in [-0.4, -0.2) is 18.4 Å². The number of esters is 1. The zero-order chi connectivity index (χ0) is 12.1. The maximum atomic E-state index is 12.9. The number of ether oxygens (including phenoxy) is 1. The predicted octanol–water partition coefficient (Wildman–Crippen LogP) is 2.26. The normalized spacial score (nSPS) is 9.94. The largest absolute Gasteiger partial charge is 0.460 e. The second-order valence-electron chi connectivity index (χ2n) is 3.07. The van der Waals surface area contributed by atoms with Crippen LogP contribution in [0.3, 0.4) is 0 Å². The van der Waals surface area contributed by atoms with E-state index in [0.29, 0.717) is 5.56 Å². The summed E-state index contributed by atoms with van der Waals surface area (Å²) in [7, 11) is 0. The van der Waals surface area contributed by atoms with Crippen LogP contribution in [-0.2, 0) is 20.7 Å². The van der Waals surface area contributed by atoms with Gasteiger partial charge in [0.1, 0.15) is 5.82 Å². The Kier molecular flexibility index (Phi) is 4.61. The summed E-state index contributed by atoms with van der Waals surface area (Å²) in [6, 6.07) is 4.15. The van der Waals surface area contributed by atoms with E-state index in [9.17, 15) is 14.0 Å². The van der Waals surface area contributed by atoms with Gasteiger partial charge in [-0.3, -0.25) is 4.79 Å². The van der Waals surface area contributed by atoms with Crippen molar-refractivity contribution in [2.75, 3.05) is 6.61 Å². The van der Waals surface area contributed by atoms with E-state index in [1.807, 2.05) is 0 Å². The first-order valence-corrected chi connectivity index (χ1v) is 5.47. The fourth-order valence-electron chi connectivity index (χ4n) is 1.12. The lowest BCUT2D eigenvalue weighted by Gasteiger charge is -2.02. The molecule has 0 saturated heterocycles. The molecule has 0 atom stereocenters. The smallest absolute Gasteiger partial charge is 0.374 e. The average Bonchev–Trinajstić information content (AvgIpc) is 2.24. The van der Waals surface area contributed by atoms with Crippen LogP contribution in [0.5, 0.6) is 0 Å². The molecule has 0 heterocycles. The van der Waals surface area contributed by atoms with Gasteiger partial charge in [-0.15, -0.1) is 0 Å². The molecule has 0 spiro atoms. The van der Waals surface area contributed by atoms with Gasteiger partial charge in [0.2, 0.25) is 5.78 Å². The van der Waals surface area contributed by atoms with Crippen molar-refractivity contribution in [3.05, 3.63) is 34.1 Å². The standard InChI is InChI=1S/C11H10BrFO3/c1-2-16-11(15)10(14)6-7-3-4-9(13)8(12)5-7/h3-5H,2,6H2,1H3. The molecule has 0 aliphatic heterocycles. The average molecular weight is 289 g/mol. The van der Waals surface area contributed by atoms with Gasteiger partial charge in [0.15, 0.2) is 0 Å². The number of benzene rings is 1. The number of carbonyl (C=O) groups excluding carboxylic acids is 2. The second-order valence-corrected chi connectivity index (χ2v) is 3.92. The molecule has 0 N–H and O–H groups in total. The molecule has 0 aromatic heterocycles. The van der Waals surface area contributed by atoms with E-state index in [4.69, 9.17) is 0 Å². The molecule has 3 nitrogen and oxygen atoms in total. The summed E-state index contributed by atoms with van der Waals surface area (Å²) >= 11 is 3.00. The van der Waals surface area contributed by atoms with Gasteiger partial charge in [-0.1, -0.05) is 6.07 Å². The first-order chi connectivity index (χ1) is 7.54. The molecule has 0 fully saturated rings. The number of ketones is 1. The predicted molar refractivity (Wildman–Crippen MR) is 59.4 cm³/mol. The number of hydrogen-bond acceptors (Lipinski definition) is 3. The van der Waals surface area contributed by atoms with E-state index < -0.39 is 17.6 Å². The summed E-state index contributed by atoms with van der Waals surface area (Å²) in [4.78, 5) is 22.4. The Hall–Kier alpha value is -1.23. The molecule has 0 unspecified atom stereocenters. The van der Waals surface area contributed by atoms with Crippen LogP contribution in [0.2, 0.25) is 0 Å². The quantitative estimate of drug-likeness (QED) is 0.631. The Labute approximate surface area is 101 Å². The molecule has 1 aromatic carbocycles. The van der Waals surface area contributed by atoms with Gasteiger partial charge < -0.3 is 4.74 Å². The minimum absolute atomic E-state index is 0.0856. The molecule has 16 heavy (non-hydrogen) atoms. The van der Waals surface area contributed by atoms with Crippen LogP contribution < -0.4 is 0 Å². The van der Waals surface area contributed by atoms with Gasteiger partial charge in [-0.05, 0) is 40.5 Å². The number of rotatable bonds is 4. The van der Waals surface area contributed by atoms with Gasteiger partial charge in [-0.25, -0.2) is 9.18 Å². The van der Waals surface area contributed by atoms with Gasteiger partial charge in [0.05, 0.1) is 11.1 Å². The number of carbonyl (C=O) groups is 2. The first kappa shape index (κ1) is 12.8.